The molecular weight excluding hydrogens is 469 g/mol. The third kappa shape index (κ3) is 4.52. The molecule has 6 aromatic rings. The quantitative estimate of drug-likeness (QED) is 0.313. The number of aromatic amines is 2. The monoisotopic (exact) mass is 493 g/mol. The molecule has 2 aromatic carbocycles. The molecule has 0 saturated heterocycles. The van der Waals surface area contributed by atoms with Crippen LogP contribution < -0.4 is 4.74 Å². The van der Waals surface area contributed by atoms with Gasteiger partial charge in [0.2, 0.25) is 0 Å². The first kappa shape index (κ1) is 22.8. The number of hydrogen-bond donors (Lipinski definition) is 2. The number of H-pyrrole nitrogens is 2. The number of ether oxygens (including phenoxy) is 1. The van der Waals surface area contributed by atoms with Crippen LogP contribution in [0.5, 0.6) is 5.75 Å². The van der Waals surface area contributed by atoms with Crippen molar-refractivity contribution in [1.29, 1.82) is 0 Å². The van der Waals surface area contributed by atoms with Gasteiger partial charge in [0.1, 0.15) is 23.9 Å². The molecule has 0 bridgehead atoms. The summed E-state index contributed by atoms with van der Waals surface area (Å²) in [5.41, 5.74) is 6.36. The minimum atomic E-state index is -0.371. The smallest absolute Gasteiger partial charge is 0.178 e. The first-order valence-electron chi connectivity index (χ1n) is 11.9. The van der Waals surface area contributed by atoms with Crippen LogP contribution in [0.25, 0.3) is 55.8 Å². The van der Waals surface area contributed by atoms with E-state index in [9.17, 15) is 4.39 Å². The van der Waals surface area contributed by atoms with E-state index in [1.54, 1.807) is 18.6 Å². The topological polar surface area (TPSA) is 95.6 Å². The molecular formula is C28H24FN7O. The highest BCUT2D eigenvalue weighted by molar-refractivity contribution is 5.97. The molecule has 0 fully saturated rings. The first-order chi connectivity index (χ1) is 18.0. The van der Waals surface area contributed by atoms with Crippen molar-refractivity contribution in [3.05, 3.63) is 79.0 Å². The minimum absolute atomic E-state index is 0.371. The summed E-state index contributed by atoms with van der Waals surface area (Å²) in [6.07, 6.45) is 5.21. The number of benzene rings is 2. The fourth-order valence-corrected chi connectivity index (χ4v) is 4.33. The van der Waals surface area contributed by atoms with Crippen LogP contribution in [0.15, 0.2) is 73.2 Å². The second kappa shape index (κ2) is 9.44. The van der Waals surface area contributed by atoms with Gasteiger partial charge in [-0.1, -0.05) is 6.07 Å². The van der Waals surface area contributed by atoms with Gasteiger partial charge >= 0.3 is 0 Å². The number of pyridine rings is 2. The van der Waals surface area contributed by atoms with Gasteiger partial charge in [-0.25, -0.2) is 14.4 Å². The standard InChI is InChI=1S/C28H24FN7O/c1-36(2)11-12-37-21-14-19(13-20(29)16-21)22-7-10-31-27-25(22)32-28(33-27)26-23-15-18(3-4-24(23)34-35-26)17-5-8-30-9-6-17/h3-10,13-16H,11-12H2,1-2H3,(H,34,35)(H,31,32,33). The van der Waals surface area contributed by atoms with Gasteiger partial charge in [0.05, 0.1) is 11.0 Å². The number of likely N-dealkylation sites (N-methyl/N-ethyl adjacent to an activating group) is 1. The molecule has 0 saturated carbocycles. The Bertz CT molecular complexity index is 1710. The summed E-state index contributed by atoms with van der Waals surface area (Å²) in [6, 6.07) is 16.6. The van der Waals surface area contributed by atoms with Crippen LogP contribution in [0, 0.1) is 5.82 Å². The SMILES string of the molecule is CN(C)CCOc1cc(F)cc(-c2ccnc3nc(-c4n[nH]c5ccc(-c6ccncc6)cc45)[nH]c23)c1. The van der Waals surface area contributed by atoms with Crippen molar-refractivity contribution in [2.45, 2.75) is 0 Å². The summed E-state index contributed by atoms with van der Waals surface area (Å²) in [5, 5.41) is 8.55. The molecule has 0 aliphatic heterocycles. The lowest BCUT2D eigenvalue weighted by Crippen LogP contribution is -2.19. The number of imidazole rings is 1. The predicted molar refractivity (Wildman–Crippen MR) is 142 cm³/mol. The maximum atomic E-state index is 14.5. The van der Waals surface area contributed by atoms with E-state index in [4.69, 9.17) is 9.72 Å². The zero-order valence-electron chi connectivity index (χ0n) is 20.4. The van der Waals surface area contributed by atoms with Gasteiger partial charge < -0.3 is 14.6 Å². The van der Waals surface area contributed by atoms with Crippen LogP contribution in [0.2, 0.25) is 0 Å². The molecule has 0 spiro atoms. The highest BCUT2D eigenvalue weighted by Crippen LogP contribution is 2.33. The molecule has 0 amide bonds. The summed E-state index contributed by atoms with van der Waals surface area (Å²) >= 11 is 0. The van der Waals surface area contributed by atoms with Gasteiger partial charge in [-0.05, 0) is 73.3 Å². The van der Waals surface area contributed by atoms with Crippen molar-refractivity contribution in [3.8, 4) is 39.5 Å². The Labute approximate surface area is 212 Å². The number of aromatic nitrogens is 6. The molecule has 0 aliphatic rings. The Balaban J connectivity index is 1.41. The van der Waals surface area contributed by atoms with Crippen LogP contribution in [0.4, 0.5) is 4.39 Å². The van der Waals surface area contributed by atoms with E-state index >= 15 is 0 Å². The summed E-state index contributed by atoms with van der Waals surface area (Å²) < 4.78 is 20.3. The molecule has 9 heteroatoms. The fraction of sp³-hybridized carbons (Fsp3) is 0.143. The predicted octanol–water partition coefficient (Wildman–Crippen LogP) is 5.31. The van der Waals surface area contributed by atoms with Crippen LogP contribution in [0.3, 0.4) is 0 Å². The Hall–Kier alpha value is -4.63. The van der Waals surface area contributed by atoms with Gasteiger partial charge in [-0.3, -0.25) is 10.1 Å². The van der Waals surface area contributed by atoms with E-state index in [1.165, 1.54) is 12.1 Å². The average Bonchev–Trinajstić information content (AvgIpc) is 3.52. The first-order valence-corrected chi connectivity index (χ1v) is 11.9. The lowest BCUT2D eigenvalue weighted by Gasteiger charge is -2.12. The summed E-state index contributed by atoms with van der Waals surface area (Å²) in [7, 11) is 3.93. The lowest BCUT2D eigenvalue weighted by atomic mass is 10.0. The Morgan fingerprint density at radius 3 is 2.62 bits per heavy atom. The second-order valence-corrected chi connectivity index (χ2v) is 9.04. The summed E-state index contributed by atoms with van der Waals surface area (Å²) in [4.78, 5) is 18.7. The summed E-state index contributed by atoms with van der Waals surface area (Å²) in [5.74, 6) is 0.680. The fourth-order valence-electron chi connectivity index (χ4n) is 4.33. The number of hydrogen-bond acceptors (Lipinski definition) is 6. The van der Waals surface area contributed by atoms with Crippen LogP contribution in [0.1, 0.15) is 0 Å². The van der Waals surface area contributed by atoms with E-state index in [0.29, 0.717) is 40.6 Å². The molecule has 0 atom stereocenters. The zero-order chi connectivity index (χ0) is 25.4. The van der Waals surface area contributed by atoms with E-state index in [2.05, 4.69) is 31.2 Å². The minimum Gasteiger partial charge on any atom is -0.492 e. The van der Waals surface area contributed by atoms with Gasteiger partial charge in [-0.15, -0.1) is 0 Å². The highest BCUT2D eigenvalue weighted by Gasteiger charge is 2.17. The van der Waals surface area contributed by atoms with Crippen molar-refractivity contribution >= 4 is 22.1 Å². The van der Waals surface area contributed by atoms with Crippen LogP contribution >= 0.6 is 0 Å². The molecule has 37 heavy (non-hydrogen) atoms. The van der Waals surface area contributed by atoms with Crippen LogP contribution in [-0.2, 0) is 0 Å². The van der Waals surface area contributed by atoms with Crippen molar-refractivity contribution in [1.82, 2.24) is 35.0 Å². The molecule has 6 rings (SSSR count). The van der Waals surface area contributed by atoms with E-state index < -0.39 is 0 Å². The molecule has 4 aromatic heterocycles. The molecule has 0 radical (unpaired) electrons. The molecule has 184 valence electrons. The molecule has 0 unspecified atom stereocenters. The van der Waals surface area contributed by atoms with Gasteiger partial charge in [-0.2, -0.15) is 5.10 Å². The molecule has 2 N–H and O–H groups in total. The largest absolute Gasteiger partial charge is 0.492 e. The third-order valence-electron chi connectivity index (χ3n) is 6.18. The van der Waals surface area contributed by atoms with E-state index in [1.807, 2.05) is 55.4 Å². The van der Waals surface area contributed by atoms with Gasteiger partial charge in [0.25, 0.3) is 0 Å². The third-order valence-corrected chi connectivity index (χ3v) is 6.18. The van der Waals surface area contributed by atoms with Crippen LogP contribution in [-0.4, -0.2) is 62.3 Å². The van der Waals surface area contributed by atoms with Crippen molar-refractivity contribution in [2.24, 2.45) is 0 Å². The Morgan fingerprint density at radius 2 is 1.78 bits per heavy atom. The van der Waals surface area contributed by atoms with E-state index in [-0.39, 0.29) is 5.82 Å². The number of nitrogens with zero attached hydrogens (tertiary/aromatic N) is 5. The number of nitrogens with one attached hydrogen (secondary N) is 2. The lowest BCUT2D eigenvalue weighted by molar-refractivity contribution is 0.260. The number of fused-ring (bicyclic) bond motifs is 2. The normalized spacial score (nSPS) is 11.6. The van der Waals surface area contributed by atoms with Crippen molar-refractivity contribution in [2.75, 3.05) is 27.2 Å². The number of halogens is 1. The van der Waals surface area contributed by atoms with Gasteiger partial charge in [0, 0.05) is 42.2 Å². The average molecular weight is 494 g/mol. The molecule has 4 heterocycles. The van der Waals surface area contributed by atoms with Gasteiger partial charge in [0.15, 0.2) is 11.5 Å². The Morgan fingerprint density at radius 1 is 0.919 bits per heavy atom. The maximum Gasteiger partial charge on any atom is 0.178 e. The van der Waals surface area contributed by atoms with E-state index in [0.717, 1.165) is 34.1 Å². The van der Waals surface area contributed by atoms with Crippen molar-refractivity contribution in [3.63, 3.8) is 0 Å². The number of rotatable bonds is 7. The second-order valence-electron chi connectivity index (χ2n) is 9.04. The zero-order valence-corrected chi connectivity index (χ0v) is 20.4. The Kier molecular flexibility index (Phi) is 5.82. The molecule has 8 nitrogen and oxygen atoms in total. The maximum absolute atomic E-state index is 14.5. The summed E-state index contributed by atoms with van der Waals surface area (Å²) in [6.45, 7) is 1.19. The molecule has 0 aliphatic carbocycles. The van der Waals surface area contributed by atoms with Crippen molar-refractivity contribution < 1.29 is 9.13 Å². The highest BCUT2D eigenvalue weighted by atomic mass is 19.1.